The maximum atomic E-state index is 15.0. The fourth-order valence-electron chi connectivity index (χ4n) is 3.07. The van der Waals surface area contributed by atoms with Gasteiger partial charge in [-0.25, -0.2) is 18.2 Å². The first kappa shape index (κ1) is 22.8. The van der Waals surface area contributed by atoms with E-state index in [0.29, 0.717) is 29.2 Å². The maximum Gasteiger partial charge on any atom is 0.213 e. The molecule has 1 heterocycles. The van der Waals surface area contributed by atoms with E-state index in [1.165, 1.54) is 25.3 Å². The summed E-state index contributed by atoms with van der Waals surface area (Å²) in [6.45, 7) is 4.00. The van der Waals surface area contributed by atoms with Crippen molar-refractivity contribution >= 4 is 0 Å². The fourth-order valence-corrected chi connectivity index (χ4v) is 3.07. The van der Waals surface area contributed by atoms with Gasteiger partial charge >= 0.3 is 0 Å². The fraction of sp³-hybridized carbons (Fsp3) is 0.167. The molecule has 164 valence electrons. The van der Waals surface area contributed by atoms with Crippen LogP contribution in [0.1, 0.15) is 17.2 Å². The summed E-state index contributed by atoms with van der Waals surface area (Å²) < 4.78 is 52.3. The Balaban J connectivity index is 1.81. The summed E-state index contributed by atoms with van der Waals surface area (Å²) in [7, 11) is 1.51. The second-order valence-electron chi connectivity index (χ2n) is 6.80. The topological polar surface area (TPSA) is 67.2 Å². The van der Waals surface area contributed by atoms with Crippen LogP contribution in [0, 0.1) is 28.8 Å². The first-order chi connectivity index (χ1) is 15.4. The molecule has 2 aromatic carbocycles. The molecule has 3 rings (SSSR count). The number of halogens is 3. The zero-order valence-electron chi connectivity index (χ0n) is 17.2. The number of nitriles is 1. The van der Waals surface area contributed by atoms with Crippen molar-refractivity contribution in [2.24, 2.45) is 0 Å². The number of hydrogen-bond donors (Lipinski definition) is 1. The lowest BCUT2D eigenvalue weighted by Gasteiger charge is -2.22. The average Bonchev–Trinajstić information content (AvgIpc) is 2.80. The van der Waals surface area contributed by atoms with Crippen LogP contribution in [-0.4, -0.2) is 18.7 Å². The minimum Gasteiger partial charge on any atom is -0.481 e. The molecular formula is C24H20F3N3O2. The van der Waals surface area contributed by atoms with Crippen molar-refractivity contribution in [3.8, 4) is 23.1 Å². The van der Waals surface area contributed by atoms with Crippen LogP contribution < -0.4 is 10.1 Å². The monoisotopic (exact) mass is 439 g/mol. The Bertz CT molecular complexity index is 1160. The molecule has 1 N–H and O–H groups in total. The summed E-state index contributed by atoms with van der Waals surface area (Å²) in [5, 5.41) is 12.0. The van der Waals surface area contributed by atoms with Gasteiger partial charge in [-0.3, -0.25) is 0 Å². The summed E-state index contributed by atoms with van der Waals surface area (Å²) in [4.78, 5) is 4.04. The smallest absolute Gasteiger partial charge is 0.213 e. The van der Waals surface area contributed by atoms with E-state index in [0.717, 1.165) is 17.7 Å². The van der Waals surface area contributed by atoms with Crippen molar-refractivity contribution in [2.45, 2.75) is 12.6 Å². The van der Waals surface area contributed by atoms with Crippen LogP contribution in [0.25, 0.3) is 11.1 Å². The summed E-state index contributed by atoms with van der Waals surface area (Å²) in [5.41, 5.74) is 2.04. The minimum absolute atomic E-state index is 0.149. The minimum atomic E-state index is -1.02. The predicted octanol–water partition coefficient (Wildman–Crippen LogP) is 5.06. The number of nitrogens with zero attached hydrogens (tertiary/aromatic N) is 2. The Hall–Kier alpha value is -3.83. The molecule has 1 aromatic heterocycles. The zero-order valence-corrected chi connectivity index (χ0v) is 17.2. The highest BCUT2D eigenvalue weighted by atomic mass is 19.2. The average molecular weight is 439 g/mol. The molecule has 0 radical (unpaired) electrons. The van der Waals surface area contributed by atoms with Gasteiger partial charge < -0.3 is 14.8 Å². The van der Waals surface area contributed by atoms with Crippen LogP contribution in [0.4, 0.5) is 13.2 Å². The van der Waals surface area contributed by atoms with Crippen LogP contribution in [0.5, 0.6) is 5.88 Å². The Labute approximate surface area is 183 Å². The van der Waals surface area contributed by atoms with Crippen molar-refractivity contribution in [1.29, 1.82) is 5.26 Å². The van der Waals surface area contributed by atoms with Crippen molar-refractivity contribution in [3.63, 3.8) is 0 Å². The quantitative estimate of drug-likeness (QED) is 0.505. The molecule has 0 amide bonds. The van der Waals surface area contributed by atoms with E-state index in [1.807, 2.05) is 6.07 Å². The van der Waals surface area contributed by atoms with Gasteiger partial charge in [-0.1, -0.05) is 24.8 Å². The number of hydrogen-bond acceptors (Lipinski definition) is 5. The van der Waals surface area contributed by atoms with Gasteiger partial charge in [-0.2, -0.15) is 5.26 Å². The molecule has 0 aliphatic rings. The molecule has 0 saturated heterocycles. The van der Waals surface area contributed by atoms with Gasteiger partial charge in [0.25, 0.3) is 0 Å². The third-order valence-corrected chi connectivity index (χ3v) is 4.69. The van der Waals surface area contributed by atoms with Crippen molar-refractivity contribution in [3.05, 3.63) is 95.6 Å². The highest BCUT2D eigenvalue weighted by Gasteiger charge is 2.21. The third-order valence-electron chi connectivity index (χ3n) is 4.69. The summed E-state index contributed by atoms with van der Waals surface area (Å²) in [6, 6.07) is 13.0. The summed E-state index contributed by atoms with van der Waals surface area (Å²) >= 11 is 0. The molecule has 0 bridgehead atoms. The standard InChI is InChI=1S/C24H20F3N3O2/c1-15(30-14-16-7-9-29-23(11-16)31-2)24(32-10-8-28)19-5-3-17(12-21(19)26)18-4-6-20(25)22(27)13-18/h3-7,9,11-13,24,30H,1,10,14H2,2H3. The number of aromatic nitrogens is 1. The van der Waals surface area contributed by atoms with E-state index in [2.05, 4.69) is 16.9 Å². The Morgan fingerprint density at radius 3 is 2.44 bits per heavy atom. The van der Waals surface area contributed by atoms with Gasteiger partial charge in [0.15, 0.2) is 11.6 Å². The number of ether oxygens (including phenoxy) is 2. The first-order valence-corrected chi connectivity index (χ1v) is 9.58. The predicted molar refractivity (Wildman–Crippen MR) is 113 cm³/mol. The molecular weight excluding hydrogens is 419 g/mol. The molecule has 8 heteroatoms. The molecule has 1 unspecified atom stereocenters. The second kappa shape index (κ2) is 10.5. The van der Waals surface area contributed by atoms with Crippen LogP contribution in [0.3, 0.4) is 0 Å². The lowest BCUT2D eigenvalue weighted by atomic mass is 9.99. The Morgan fingerprint density at radius 2 is 1.78 bits per heavy atom. The molecule has 0 aliphatic carbocycles. The van der Waals surface area contributed by atoms with Gasteiger partial charge in [0.05, 0.1) is 13.2 Å². The van der Waals surface area contributed by atoms with Crippen molar-refractivity contribution in [2.75, 3.05) is 13.7 Å². The molecule has 32 heavy (non-hydrogen) atoms. The molecule has 0 spiro atoms. The van der Waals surface area contributed by atoms with E-state index < -0.39 is 23.6 Å². The third kappa shape index (κ3) is 5.45. The highest BCUT2D eigenvalue weighted by molar-refractivity contribution is 5.64. The lowest BCUT2D eigenvalue weighted by molar-refractivity contribution is 0.0963. The molecule has 0 fully saturated rings. The van der Waals surface area contributed by atoms with Gasteiger partial charge in [0, 0.05) is 30.1 Å². The number of pyridine rings is 1. The number of benzene rings is 2. The van der Waals surface area contributed by atoms with Crippen LogP contribution in [0.2, 0.25) is 0 Å². The van der Waals surface area contributed by atoms with Gasteiger partial charge in [0.2, 0.25) is 5.88 Å². The SMILES string of the molecule is C=C(NCc1ccnc(OC)c1)C(OCC#N)c1ccc(-c2ccc(F)c(F)c2)cc1F. The molecule has 0 saturated carbocycles. The Morgan fingerprint density at radius 1 is 1.06 bits per heavy atom. The number of methoxy groups -OCH3 is 1. The zero-order chi connectivity index (χ0) is 23.1. The molecule has 1 atom stereocenters. The van der Waals surface area contributed by atoms with Crippen molar-refractivity contribution in [1.82, 2.24) is 10.3 Å². The lowest BCUT2D eigenvalue weighted by Crippen LogP contribution is -2.21. The van der Waals surface area contributed by atoms with Crippen LogP contribution in [-0.2, 0) is 11.3 Å². The summed E-state index contributed by atoms with van der Waals surface area (Å²) in [5.74, 6) is -2.19. The van der Waals surface area contributed by atoms with Gasteiger partial charge in [0.1, 0.15) is 18.5 Å². The van der Waals surface area contributed by atoms with E-state index in [4.69, 9.17) is 14.7 Å². The highest BCUT2D eigenvalue weighted by Crippen LogP contribution is 2.30. The Kier molecular flexibility index (Phi) is 7.47. The largest absolute Gasteiger partial charge is 0.481 e. The van der Waals surface area contributed by atoms with E-state index in [9.17, 15) is 13.2 Å². The number of rotatable bonds is 9. The first-order valence-electron chi connectivity index (χ1n) is 9.58. The van der Waals surface area contributed by atoms with Crippen LogP contribution >= 0.6 is 0 Å². The van der Waals surface area contributed by atoms with E-state index >= 15 is 0 Å². The molecule has 0 aliphatic heterocycles. The normalized spacial score (nSPS) is 11.5. The second-order valence-corrected chi connectivity index (χ2v) is 6.80. The number of nitrogens with one attached hydrogen (secondary N) is 1. The maximum absolute atomic E-state index is 15.0. The molecule has 3 aromatic rings. The van der Waals surface area contributed by atoms with Gasteiger partial charge in [-0.15, -0.1) is 0 Å². The summed E-state index contributed by atoms with van der Waals surface area (Å²) in [6.07, 6.45) is 0.649. The van der Waals surface area contributed by atoms with Crippen molar-refractivity contribution < 1.29 is 22.6 Å². The van der Waals surface area contributed by atoms with E-state index in [1.54, 1.807) is 24.4 Å². The molecule has 5 nitrogen and oxygen atoms in total. The van der Waals surface area contributed by atoms with Gasteiger partial charge in [-0.05, 0) is 41.0 Å². The van der Waals surface area contributed by atoms with E-state index in [-0.39, 0.29) is 12.2 Å². The van der Waals surface area contributed by atoms with Crippen LogP contribution in [0.15, 0.2) is 67.0 Å².